The first-order valence-electron chi connectivity index (χ1n) is 13.9. The van der Waals surface area contributed by atoms with Crippen LogP contribution in [0.25, 0.3) is 16.8 Å². The van der Waals surface area contributed by atoms with Crippen molar-refractivity contribution in [3.05, 3.63) is 114 Å². The number of nitrogens with one attached hydrogen (secondary N) is 1. The van der Waals surface area contributed by atoms with Crippen molar-refractivity contribution in [1.82, 2.24) is 20.4 Å². The topological polar surface area (TPSA) is 124 Å². The molecule has 12 heteroatoms. The van der Waals surface area contributed by atoms with Crippen LogP contribution in [0.1, 0.15) is 11.3 Å². The van der Waals surface area contributed by atoms with Crippen molar-refractivity contribution < 1.29 is 28.4 Å². The first kappa shape index (κ1) is 30.2. The number of methoxy groups -OCH3 is 1. The Bertz CT molecular complexity index is 1760. The summed E-state index contributed by atoms with van der Waals surface area (Å²) < 4.78 is 16.5. The average Bonchev–Trinajstić information content (AvgIpc) is 3.59. The highest BCUT2D eigenvalue weighted by Crippen LogP contribution is 2.44. The summed E-state index contributed by atoms with van der Waals surface area (Å²) in [7, 11) is 1.57. The molecule has 45 heavy (non-hydrogen) atoms. The zero-order chi connectivity index (χ0) is 31.3. The maximum absolute atomic E-state index is 13.7. The number of ether oxygens (including phenoxy) is 2. The second-order valence-electron chi connectivity index (χ2n) is 10.1. The molecule has 1 saturated heterocycles. The molecule has 0 unspecified atom stereocenters. The Balaban J connectivity index is 1.22. The maximum Gasteiger partial charge on any atom is 0.355 e. The van der Waals surface area contributed by atoms with Gasteiger partial charge in [0.1, 0.15) is 35.2 Å². The van der Waals surface area contributed by atoms with Gasteiger partial charge in [-0.15, -0.1) is 23.5 Å². The lowest BCUT2D eigenvalue weighted by atomic mass is 9.98. The van der Waals surface area contributed by atoms with Gasteiger partial charge in [-0.1, -0.05) is 42.1 Å². The minimum Gasteiger partial charge on any atom is -0.497 e. The number of hydrogen-bond acceptors (Lipinski definition) is 10. The van der Waals surface area contributed by atoms with Gasteiger partial charge in [0.05, 0.1) is 12.9 Å². The number of β-lactam (4-membered cyclic amide) rings is 1. The third-order valence-corrected chi connectivity index (χ3v) is 9.54. The van der Waals surface area contributed by atoms with E-state index in [-0.39, 0.29) is 24.0 Å². The number of rotatable bonds is 11. The maximum atomic E-state index is 13.7. The van der Waals surface area contributed by atoms with Crippen LogP contribution in [0.15, 0.2) is 112 Å². The third-order valence-electron chi connectivity index (χ3n) is 7.25. The van der Waals surface area contributed by atoms with Crippen molar-refractivity contribution in [3.63, 3.8) is 0 Å². The summed E-state index contributed by atoms with van der Waals surface area (Å²) in [5.74, 6) is 0.156. The molecule has 1 N–H and O–H groups in total. The van der Waals surface area contributed by atoms with Gasteiger partial charge in [-0.3, -0.25) is 19.5 Å². The zero-order valence-corrected chi connectivity index (χ0v) is 25.8. The monoisotopic (exact) mass is 640 g/mol. The fourth-order valence-electron chi connectivity index (χ4n) is 4.88. The minimum absolute atomic E-state index is 0.0176. The van der Waals surface area contributed by atoms with Crippen LogP contribution >= 0.6 is 23.5 Å². The molecule has 228 valence electrons. The average molecular weight is 641 g/mol. The van der Waals surface area contributed by atoms with E-state index >= 15 is 0 Å². The normalized spacial score (nSPS) is 17.3. The van der Waals surface area contributed by atoms with Gasteiger partial charge < -0.3 is 19.3 Å². The Kier molecular flexibility index (Phi) is 9.03. The van der Waals surface area contributed by atoms with E-state index in [1.807, 2.05) is 36.4 Å². The van der Waals surface area contributed by atoms with Crippen molar-refractivity contribution in [3.8, 4) is 17.0 Å². The van der Waals surface area contributed by atoms with Crippen LogP contribution in [0, 0.1) is 0 Å². The molecule has 0 spiro atoms. The van der Waals surface area contributed by atoms with Gasteiger partial charge in [-0.05, 0) is 42.0 Å². The summed E-state index contributed by atoms with van der Waals surface area (Å²) in [6, 6.07) is 21.3. The quantitative estimate of drug-likeness (QED) is 0.137. The van der Waals surface area contributed by atoms with Gasteiger partial charge in [-0.2, -0.15) is 0 Å². The lowest BCUT2D eigenvalue weighted by molar-refractivity contribution is -0.153. The smallest absolute Gasteiger partial charge is 0.355 e. The van der Waals surface area contributed by atoms with Crippen molar-refractivity contribution >= 4 is 46.9 Å². The Labute approximate surface area is 267 Å². The van der Waals surface area contributed by atoms with Gasteiger partial charge in [-0.25, -0.2) is 4.79 Å². The highest BCUT2D eigenvalue weighted by Gasteiger charge is 2.54. The van der Waals surface area contributed by atoms with Crippen LogP contribution in [-0.2, 0) is 25.7 Å². The lowest BCUT2D eigenvalue weighted by Gasteiger charge is -2.49. The zero-order valence-electron chi connectivity index (χ0n) is 24.2. The van der Waals surface area contributed by atoms with Crippen LogP contribution < -0.4 is 10.1 Å². The molecular formula is C33H28N4O6S2. The molecule has 2 aromatic carbocycles. The van der Waals surface area contributed by atoms with E-state index in [4.69, 9.17) is 14.0 Å². The van der Waals surface area contributed by atoms with Crippen molar-refractivity contribution in [2.75, 3.05) is 18.6 Å². The number of aromatic nitrogens is 2. The number of benzene rings is 2. The standard InChI is InChI=1S/C33H28N4O6S2/c1-20(27-15-26(36-43-27)22-7-6-14-34-16-22)25-18-45-32-29(35-28(38)19-44-24-8-4-3-5-9-24)31(39)37(32)30(25)33(40)42-17-21-10-12-23(41-2)13-11-21/h3-16,29,32H,1,17-19H2,2H3,(H,35,38)/t29-,32-/m1/s1. The molecule has 2 atom stereocenters. The number of fused-ring (bicyclic) bond motifs is 1. The van der Waals surface area contributed by atoms with E-state index in [0.29, 0.717) is 34.1 Å². The number of carbonyl (C=O) groups excluding carboxylic acids is 3. The van der Waals surface area contributed by atoms with Crippen LogP contribution in [0.5, 0.6) is 5.75 Å². The number of allylic oxidation sites excluding steroid dienone is 1. The number of esters is 1. The lowest BCUT2D eigenvalue weighted by Crippen LogP contribution is -2.70. The summed E-state index contributed by atoms with van der Waals surface area (Å²) in [4.78, 5) is 46.5. The largest absolute Gasteiger partial charge is 0.497 e. The van der Waals surface area contributed by atoms with Gasteiger partial charge >= 0.3 is 5.97 Å². The Morgan fingerprint density at radius 2 is 1.93 bits per heavy atom. The van der Waals surface area contributed by atoms with Crippen LogP contribution in [0.4, 0.5) is 0 Å². The van der Waals surface area contributed by atoms with E-state index in [2.05, 4.69) is 22.0 Å². The fraction of sp³-hybridized carbons (Fsp3) is 0.182. The molecule has 0 aliphatic carbocycles. The summed E-state index contributed by atoms with van der Waals surface area (Å²) in [6.07, 6.45) is 3.33. The SMILES string of the molecule is C=C(C1=C(C(=O)OCc2ccc(OC)cc2)N2C(=O)[C@@H](NC(=O)CSc3ccccc3)[C@H]2SC1)c1cc(-c2cccnc2)no1. The molecule has 0 bridgehead atoms. The van der Waals surface area contributed by atoms with E-state index < -0.39 is 23.3 Å². The van der Waals surface area contributed by atoms with E-state index in [9.17, 15) is 14.4 Å². The van der Waals surface area contributed by atoms with E-state index in [1.54, 1.807) is 55.9 Å². The fourth-order valence-corrected chi connectivity index (χ4v) is 6.99. The molecule has 4 heterocycles. The Morgan fingerprint density at radius 3 is 2.67 bits per heavy atom. The van der Waals surface area contributed by atoms with Gasteiger partial charge in [0.15, 0.2) is 5.76 Å². The molecule has 2 aromatic heterocycles. The minimum atomic E-state index is -0.777. The van der Waals surface area contributed by atoms with Gasteiger partial charge in [0.25, 0.3) is 5.91 Å². The molecule has 2 aliphatic heterocycles. The highest BCUT2D eigenvalue weighted by molar-refractivity contribution is 8.00. The Morgan fingerprint density at radius 1 is 1.13 bits per heavy atom. The number of pyridine rings is 1. The number of hydrogen-bond donors (Lipinski definition) is 1. The van der Waals surface area contributed by atoms with Crippen LogP contribution in [-0.4, -0.2) is 62.9 Å². The molecule has 2 amide bonds. The van der Waals surface area contributed by atoms with Crippen molar-refractivity contribution in [2.45, 2.75) is 22.9 Å². The highest BCUT2D eigenvalue weighted by atomic mass is 32.2. The molecule has 1 fully saturated rings. The van der Waals surface area contributed by atoms with E-state index in [0.717, 1.165) is 16.0 Å². The first-order valence-corrected chi connectivity index (χ1v) is 16.0. The predicted molar refractivity (Wildman–Crippen MR) is 171 cm³/mol. The van der Waals surface area contributed by atoms with Crippen LogP contribution in [0.2, 0.25) is 0 Å². The summed E-state index contributed by atoms with van der Waals surface area (Å²) in [5, 5.41) is 6.51. The number of thioether (sulfide) groups is 2. The molecule has 10 nitrogen and oxygen atoms in total. The van der Waals surface area contributed by atoms with Gasteiger partial charge in [0.2, 0.25) is 5.91 Å². The Hall–Kier alpha value is -4.81. The summed E-state index contributed by atoms with van der Waals surface area (Å²) in [5.41, 5.74) is 3.03. The van der Waals surface area contributed by atoms with Gasteiger partial charge in [0, 0.05) is 45.8 Å². The summed E-state index contributed by atoms with van der Waals surface area (Å²) in [6.45, 7) is 4.18. The van der Waals surface area contributed by atoms with Crippen LogP contribution in [0.3, 0.4) is 0 Å². The van der Waals surface area contributed by atoms with Crippen molar-refractivity contribution in [1.29, 1.82) is 0 Å². The molecule has 0 saturated carbocycles. The summed E-state index contributed by atoms with van der Waals surface area (Å²) >= 11 is 2.81. The molecule has 4 aromatic rings. The number of nitrogens with zero attached hydrogens (tertiary/aromatic N) is 3. The second-order valence-corrected chi connectivity index (χ2v) is 12.3. The van der Waals surface area contributed by atoms with E-state index in [1.165, 1.54) is 28.4 Å². The number of carbonyl (C=O) groups is 3. The second kappa shape index (κ2) is 13.4. The molecule has 0 radical (unpaired) electrons. The van der Waals surface area contributed by atoms with Crippen molar-refractivity contribution in [2.24, 2.45) is 0 Å². The molecular weight excluding hydrogens is 613 g/mol. The first-order chi connectivity index (χ1) is 21.9. The molecule has 6 rings (SSSR count). The third kappa shape index (κ3) is 6.52. The number of amides is 2. The predicted octanol–water partition coefficient (Wildman–Crippen LogP) is 4.95. The molecule has 2 aliphatic rings.